The first-order chi connectivity index (χ1) is 24.8. The molecule has 3 aromatic heterocycles. The maximum absolute atomic E-state index is 6.71. The van der Waals surface area contributed by atoms with Crippen LogP contribution in [-0.2, 0) is 32.3 Å². The Morgan fingerprint density at radius 3 is 2.17 bits per heavy atom. The van der Waals surface area contributed by atoms with E-state index in [0.717, 1.165) is 63.1 Å². The van der Waals surface area contributed by atoms with E-state index in [0.29, 0.717) is 23.3 Å². The third-order valence-electron chi connectivity index (χ3n) is 10.2. The topological polar surface area (TPSA) is 44.9 Å². The van der Waals surface area contributed by atoms with E-state index in [-0.39, 0.29) is 25.8 Å². The Hall–Kier alpha value is -4.50. The van der Waals surface area contributed by atoms with Crippen molar-refractivity contribution >= 4 is 21.8 Å². The van der Waals surface area contributed by atoms with Crippen LogP contribution in [0.2, 0.25) is 0 Å². The van der Waals surface area contributed by atoms with E-state index in [1.54, 1.807) is 0 Å². The zero-order valence-corrected chi connectivity index (χ0v) is 34.2. The molecule has 0 saturated heterocycles. The number of nitrogens with zero attached hydrogens (tertiary/aromatic N) is 4. The molecule has 0 amide bonds. The number of benzene rings is 4. The second kappa shape index (κ2) is 15.1. The fourth-order valence-electron chi connectivity index (χ4n) is 7.53. The predicted molar refractivity (Wildman–Crippen MR) is 216 cm³/mol. The van der Waals surface area contributed by atoms with E-state index < -0.39 is 0 Å². The minimum atomic E-state index is -0.134. The first kappa shape index (κ1) is 38.2. The van der Waals surface area contributed by atoms with Crippen molar-refractivity contribution < 1.29 is 25.2 Å². The van der Waals surface area contributed by atoms with Gasteiger partial charge in [-0.05, 0) is 89.0 Å². The van der Waals surface area contributed by atoms with Gasteiger partial charge in [-0.1, -0.05) is 104 Å². The summed E-state index contributed by atoms with van der Waals surface area (Å²) >= 11 is 0. The maximum atomic E-state index is 6.71. The van der Waals surface area contributed by atoms with Crippen LogP contribution in [0.5, 0.6) is 11.5 Å². The van der Waals surface area contributed by atoms with Crippen LogP contribution in [0.15, 0.2) is 85.1 Å². The molecule has 5 nitrogen and oxygen atoms in total. The molecule has 0 bridgehead atoms. The maximum Gasteiger partial charge on any atom is 2.00 e. The summed E-state index contributed by atoms with van der Waals surface area (Å²) in [5, 5.41) is 7.44. The van der Waals surface area contributed by atoms with Gasteiger partial charge in [0.05, 0.1) is 5.69 Å². The van der Waals surface area contributed by atoms with Gasteiger partial charge in [0.25, 0.3) is 0 Å². The largest absolute Gasteiger partial charge is 2.00 e. The summed E-state index contributed by atoms with van der Waals surface area (Å²) < 4.78 is 11.0. The fraction of sp³-hybridized carbons (Fsp3) is 0.319. The van der Waals surface area contributed by atoms with Crippen LogP contribution in [0, 0.1) is 26.0 Å². The Kier molecular flexibility index (Phi) is 10.9. The van der Waals surface area contributed by atoms with Crippen molar-refractivity contribution in [3.63, 3.8) is 0 Å². The van der Waals surface area contributed by atoms with Crippen molar-refractivity contribution in [1.82, 2.24) is 19.3 Å². The van der Waals surface area contributed by atoms with Crippen molar-refractivity contribution in [3.8, 4) is 34.1 Å². The molecule has 4 aromatic carbocycles. The van der Waals surface area contributed by atoms with E-state index in [9.17, 15) is 0 Å². The Morgan fingerprint density at radius 2 is 1.49 bits per heavy atom. The third-order valence-corrected chi connectivity index (χ3v) is 10.2. The minimum absolute atomic E-state index is 0. The molecule has 3 heterocycles. The Morgan fingerprint density at radius 1 is 0.774 bits per heavy atom. The van der Waals surface area contributed by atoms with Crippen molar-refractivity contribution in [3.05, 3.63) is 131 Å². The molecule has 7 rings (SSSR count). The summed E-state index contributed by atoms with van der Waals surface area (Å²) in [5.74, 6) is 2.90. The van der Waals surface area contributed by atoms with Gasteiger partial charge in [-0.25, -0.2) is 4.98 Å². The normalized spacial score (nSPS) is 11.9. The van der Waals surface area contributed by atoms with Crippen molar-refractivity contribution in [1.29, 1.82) is 0 Å². The summed E-state index contributed by atoms with van der Waals surface area (Å²) in [6.07, 6.45) is 3.99. The molecular formula is C47H50N4OPd. The first-order valence-electron chi connectivity index (χ1n) is 18.7. The van der Waals surface area contributed by atoms with E-state index >= 15 is 0 Å². The summed E-state index contributed by atoms with van der Waals surface area (Å²) in [6, 6.07) is 35.2. The van der Waals surface area contributed by atoms with Crippen molar-refractivity contribution in [2.45, 2.75) is 99.3 Å². The van der Waals surface area contributed by atoms with Gasteiger partial charge in [0.15, 0.2) is 0 Å². The zero-order valence-electron chi connectivity index (χ0n) is 32.7. The molecule has 7 aromatic rings. The van der Waals surface area contributed by atoms with E-state index in [4.69, 9.17) is 14.8 Å². The molecule has 0 aliphatic heterocycles. The summed E-state index contributed by atoms with van der Waals surface area (Å²) in [7, 11) is 0. The van der Waals surface area contributed by atoms with Gasteiger partial charge in [-0.2, -0.15) is 11.2 Å². The predicted octanol–water partition coefficient (Wildman–Crippen LogP) is 12.5. The van der Waals surface area contributed by atoms with Crippen LogP contribution in [0.3, 0.4) is 0 Å². The monoisotopic (exact) mass is 792 g/mol. The average Bonchev–Trinajstić information content (AvgIpc) is 3.59. The number of hydrogen-bond acceptors (Lipinski definition) is 3. The molecule has 0 aliphatic rings. The van der Waals surface area contributed by atoms with Gasteiger partial charge in [-0.15, -0.1) is 41.3 Å². The number of hydrogen-bond donors (Lipinski definition) is 0. The third kappa shape index (κ3) is 7.25. The molecular weight excluding hydrogens is 743 g/mol. The molecule has 0 saturated carbocycles. The van der Waals surface area contributed by atoms with Crippen LogP contribution in [0.25, 0.3) is 44.4 Å². The number of pyridine rings is 1. The summed E-state index contributed by atoms with van der Waals surface area (Å²) in [5.41, 5.74) is 12.5. The second-order valence-electron chi connectivity index (χ2n) is 15.8. The van der Waals surface area contributed by atoms with Crippen LogP contribution >= 0.6 is 0 Å². The molecule has 0 fully saturated rings. The van der Waals surface area contributed by atoms with Gasteiger partial charge in [0.2, 0.25) is 0 Å². The number of para-hydroxylation sites is 1. The fourth-order valence-corrected chi connectivity index (χ4v) is 7.53. The second-order valence-corrected chi connectivity index (χ2v) is 15.8. The first-order valence-corrected chi connectivity index (χ1v) is 18.7. The van der Waals surface area contributed by atoms with Gasteiger partial charge >= 0.3 is 20.4 Å². The Labute approximate surface area is 329 Å². The molecule has 0 N–H and O–H groups in total. The smallest absolute Gasteiger partial charge is 0.509 e. The molecule has 0 aliphatic carbocycles. The van der Waals surface area contributed by atoms with E-state index in [2.05, 4.69) is 159 Å². The van der Waals surface area contributed by atoms with Crippen LogP contribution in [0.4, 0.5) is 0 Å². The number of rotatable bonds is 9. The molecule has 6 heteroatoms. The Balaban J connectivity index is 0.00000481. The van der Waals surface area contributed by atoms with Crippen molar-refractivity contribution in [2.24, 2.45) is 0 Å². The summed E-state index contributed by atoms with van der Waals surface area (Å²) in [6.45, 7) is 22.3. The number of fused-ring (bicyclic) bond motifs is 3. The average molecular weight is 793 g/mol. The number of aryl methyl sites for hydroxylation is 2. The zero-order chi connectivity index (χ0) is 36.9. The standard InChI is InChI=1S/C47H50N4O.Pd/c1-11-15-33-22-23-48-44(24-33)50-42-19-13-12-16-40(42)41-21-20-36(28-43(41)50)52-37-26-34(47(8,9)10)25-35(27-37)51-32(7)45(31(6)49-51)46-38(29(2)3)17-14-18-39(46)30(4)5;/h12-14,16-26,29-30H,11,15H2,1-10H3;/q-2;+2. The quantitative estimate of drug-likeness (QED) is 0.108. The van der Waals surface area contributed by atoms with Gasteiger partial charge < -0.3 is 9.30 Å². The van der Waals surface area contributed by atoms with Crippen LogP contribution < -0.4 is 4.74 Å². The van der Waals surface area contributed by atoms with Crippen LogP contribution in [-0.4, -0.2) is 19.3 Å². The molecule has 274 valence electrons. The molecule has 53 heavy (non-hydrogen) atoms. The molecule has 0 atom stereocenters. The molecule has 0 radical (unpaired) electrons. The SMILES string of the molecule is CCCc1ccnc(-n2c3[c-]c(Oc4[c-]c(-n5nc(C)c(-c6c(C(C)C)cccc6C(C)C)c5C)cc(C(C)(C)C)c4)ccc3c3ccccc32)c1.[Pd+2]. The van der Waals surface area contributed by atoms with E-state index in [1.807, 2.05) is 16.9 Å². The van der Waals surface area contributed by atoms with Crippen molar-refractivity contribution in [2.75, 3.05) is 0 Å². The minimum Gasteiger partial charge on any atom is -0.509 e. The summed E-state index contributed by atoms with van der Waals surface area (Å²) in [4.78, 5) is 4.82. The van der Waals surface area contributed by atoms with Crippen LogP contribution in [0.1, 0.15) is 107 Å². The van der Waals surface area contributed by atoms with Gasteiger partial charge in [0.1, 0.15) is 5.82 Å². The van der Waals surface area contributed by atoms with E-state index in [1.165, 1.54) is 27.8 Å². The number of ether oxygens (including phenoxy) is 1. The molecule has 0 spiro atoms. The Bertz CT molecular complexity index is 2400. The van der Waals surface area contributed by atoms with Gasteiger partial charge in [-0.3, -0.25) is 4.68 Å². The molecule has 0 unspecified atom stereocenters. The van der Waals surface area contributed by atoms with Gasteiger partial charge in [0, 0.05) is 34.5 Å². The number of aromatic nitrogens is 4.